The van der Waals surface area contributed by atoms with Crippen LogP contribution in [0.25, 0.3) is 0 Å². The summed E-state index contributed by atoms with van der Waals surface area (Å²) in [5, 5.41) is 12.3. The first-order valence-electron chi connectivity index (χ1n) is 5.34. The van der Waals surface area contributed by atoms with Gasteiger partial charge in [0, 0.05) is 26.7 Å². The van der Waals surface area contributed by atoms with Gasteiger partial charge in [-0.25, -0.2) is 0 Å². The maximum atomic E-state index is 11.7. The fourth-order valence-corrected chi connectivity index (χ4v) is 1.60. The van der Waals surface area contributed by atoms with Crippen molar-refractivity contribution in [3.05, 3.63) is 0 Å². The maximum absolute atomic E-state index is 11.7. The standard InChI is InChI=1S/C10H20N2O3/c1-8(13)7-12(2)10(14)5-9-6-11-3-4-15-9/h8-9,11,13H,3-7H2,1-2H3. The van der Waals surface area contributed by atoms with E-state index in [-0.39, 0.29) is 12.0 Å². The number of hydrogen-bond donors (Lipinski definition) is 2. The second-order valence-electron chi connectivity index (χ2n) is 4.02. The van der Waals surface area contributed by atoms with E-state index >= 15 is 0 Å². The fourth-order valence-electron chi connectivity index (χ4n) is 1.60. The van der Waals surface area contributed by atoms with Crippen molar-refractivity contribution in [1.82, 2.24) is 10.2 Å². The zero-order valence-corrected chi connectivity index (χ0v) is 9.40. The molecule has 1 amide bonds. The van der Waals surface area contributed by atoms with E-state index in [9.17, 15) is 4.79 Å². The molecule has 1 heterocycles. The number of carbonyl (C=O) groups is 1. The molecule has 5 heteroatoms. The quantitative estimate of drug-likeness (QED) is 0.646. The van der Waals surface area contributed by atoms with Gasteiger partial charge in [0.1, 0.15) is 0 Å². The van der Waals surface area contributed by atoms with E-state index < -0.39 is 6.10 Å². The lowest BCUT2D eigenvalue weighted by Crippen LogP contribution is -2.42. The summed E-state index contributed by atoms with van der Waals surface area (Å²) in [7, 11) is 1.70. The molecule has 5 nitrogen and oxygen atoms in total. The summed E-state index contributed by atoms with van der Waals surface area (Å²) in [4.78, 5) is 13.2. The normalized spacial score (nSPS) is 23.5. The molecule has 2 N–H and O–H groups in total. The molecule has 15 heavy (non-hydrogen) atoms. The third-order valence-electron chi connectivity index (χ3n) is 2.37. The van der Waals surface area contributed by atoms with E-state index in [1.54, 1.807) is 18.9 Å². The van der Waals surface area contributed by atoms with Gasteiger partial charge in [0.2, 0.25) is 5.91 Å². The van der Waals surface area contributed by atoms with Crippen LogP contribution in [0.3, 0.4) is 0 Å². The Kier molecular flexibility index (Phi) is 5.01. The molecule has 2 unspecified atom stereocenters. The van der Waals surface area contributed by atoms with E-state index in [2.05, 4.69) is 5.32 Å². The Bertz CT molecular complexity index is 203. The number of ether oxygens (including phenoxy) is 1. The minimum absolute atomic E-state index is 0.0181. The number of amides is 1. The lowest BCUT2D eigenvalue weighted by molar-refractivity contribution is -0.134. The summed E-state index contributed by atoms with van der Waals surface area (Å²) in [6.07, 6.45) is -0.122. The molecule has 1 aliphatic heterocycles. The van der Waals surface area contributed by atoms with Crippen molar-refractivity contribution in [2.24, 2.45) is 0 Å². The number of morpholine rings is 1. The Labute approximate surface area is 90.4 Å². The van der Waals surface area contributed by atoms with Crippen molar-refractivity contribution in [2.75, 3.05) is 33.3 Å². The van der Waals surface area contributed by atoms with Crippen molar-refractivity contribution in [3.63, 3.8) is 0 Å². The van der Waals surface area contributed by atoms with E-state index in [4.69, 9.17) is 9.84 Å². The molecule has 0 aromatic carbocycles. The number of nitrogens with one attached hydrogen (secondary N) is 1. The predicted octanol–water partition coefficient (Wildman–Crippen LogP) is -0.796. The van der Waals surface area contributed by atoms with Crippen LogP contribution in [0.1, 0.15) is 13.3 Å². The van der Waals surface area contributed by atoms with Gasteiger partial charge in [-0.1, -0.05) is 0 Å². The number of aliphatic hydroxyl groups is 1. The smallest absolute Gasteiger partial charge is 0.225 e. The Morgan fingerprint density at radius 1 is 1.73 bits per heavy atom. The molecule has 0 saturated carbocycles. The molecule has 1 aliphatic rings. The molecule has 1 saturated heterocycles. The molecule has 0 bridgehead atoms. The number of aliphatic hydroxyl groups excluding tert-OH is 1. The molecule has 0 aromatic rings. The Morgan fingerprint density at radius 3 is 3.00 bits per heavy atom. The molecule has 88 valence electrons. The van der Waals surface area contributed by atoms with Gasteiger partial charge in [0.05, 0.1) is 25.2 Å². The monoisotopic (exact) mass is 216 g/mol. The third kappa shape index (κ3) is 4.59. The molecule has 1 fully saturated rings. The number of hydrogen-bond acceptors (Lipinski definition) is 4. The van der Waals surface area contributed by atoms with Crippen LogP contribution >= 0.6 is 0 Å². The maximum Gasteiger partial charge on any atom is 0.225 e. The highest BCUT2D eigenvalue weighted by molar-refractivity contribution is 5.76. The predicted molar refractivity (Wildman–Crippen MR) is 56.5 cm³/mol. The van der Waals surface area contributed by atoms with Gasteiger partial charge in [-0.05, 0) is 6.92 Å². The molecular weight excluding hydrogens is 196 g/mol. The van der Waals surface area contributed by atoms with Crippen LogP contribution in [0.2, 0.25) is 0 Å². The van der Waals surface area contributed by atoms with Gasteiger partial charge >= 0.3 is 0 Å². The molecule has 2 atom stereocenters. The lowest BCUT2D eigenvalue weighted by atomic mass is 10.2. The summed E-state index contributed by atoms with van der Waals surface area (Å²) in [5.41, 5.74) is 0. The molecule has 0 aromatic heterocycles. The van der Waals surface area contributed by atoms with E-state index in [0.29, 0.717) is 19.6 Å². The first kappa shape index (κ1) is 12.4. The lowest BCUT2D eigenvalue weighted by Gasteiger charge is -2.26. The van der Waals surface area contributed by atoms with Crippen LogP contribution in [0.15, 0.2) is 0 Å². The first-order chi connectivity index (χ1) is 7.09. The van der Waals surface area contributed by atoms with Crippen molar-refractivity contribution < 1.29 is 14.6 Å². The van der Waals surface area contributed by atoms with Gasteiger partial charge < -0.3 is 20.1 Å². The van der Waals surface area contributed by atoms with Gasteiger partial charge in [-0.2, -0.15) is 0 Å². The Morgan fingerprint density at radius 2 is 2.47 bits per heavy atom. The van der Waals surface area contributed by atoms with E-state index in [0.717, 1.165) is 13.1 Å². The topological polar surface area (TPSA) is 61.8 Å². The van der Waals surface area contributed by atoms with Crippen molar-refractivity contribution in [3.8, 4) is 0 Å². The summed E-state index contributed by atoms with van der Waals surface area (Å²) >= 11 is 0. The minimum atomic E-state index is -0.482. The number of nitrogens with zero attached hydrogens (tertiary/aromatic N) is 1. The first-order valence-corrected chi connectivity index (χ1v) is 5.34. The summed E-state index contributed by atoms with van der Waals surface area (Å²) in [6.45, 7) is 4.29. The Hall–Kier alpha value is -0.650. The van der Waals surface area contributed by atoms with Gasteiger partial charge in [-0.3, -0.25) is 4.79 Å². The minimum Gasteiger partial charge on any atom is -0.392 e. The zero-order chi connectivity index (χ0) is 11.3. The highest BCUT2D eigenvalue weighted by Crippen LogP contribution is 2.04. The SMILES string of the molecule is CC(O)CN(C)C(=O)CC1CNCCO1. The van der Waals surface area contributed by atoms with Crippen LogP contribution in [0.4, 0.5) is 0 Å². The molecule has 0 radical (unpaired) electrons. The number of carbonyl (C=O) groups excluding carboxylic acids is 1. The van der Waals surface area contributed by atoms with Crippen LogP contribution in [-0.2, 0) is 9.53 Å². The van der Waals surface area contributed by atoms with Crippen LogP contribution in [0.5, 0.6) is 0 Å². The van der Waals surface area contributed by atoms with Crippen LogP contribution in [0, 0.1) is 0 Å². The number of likely N-dealkylation sites (N-methyl/N-ethyl adjacent to an activating group) is 1. The summed E-state index contributed by atoms with van der Waals surface area (Å²) in [5.74, 6) is 0.0181. The zero-order valence-electron chi connectivity index (χ0n) is 9.40. The second-order valence-corrected chi connectivity index (χ2v) is 4.02. The largest absolute Gasteiger partial charge is 0.392 e. The van der Waals surface area contributed by atoms with Crippen LogP contribution < -0.4 is 5.32 Å². The van der Waals surface area contributed by atoms with Crippen molar-refractivity contribution in [1.29, 1.82) is 0 Å². The molecule has 1 rings (SSSR count). The molecular formula is C10H20N2O3. The second kappa shape index (κ2) is 6.05. The summed E-state index contributed by atoms with van der Waals surface area (Å²) in [6, 6.07) is 0. The summed E-state index contributed by atoms with van der Waals surface area (Å²) < 4.78 is 5.43. The van der Waals surface area contributed by atoms with E-state index in [1.165, 1.54) is 0 Å². The third-order valence-corrected chi connectivity index (χ3v) is 2.37. The average Bonchev–Trinajstić information content (AvgIpc) is 2.18. The van der Waals surface area contributed by atoms with E-state index in [1.807, 2.05) is 0 Å². The molecule has 0 aliphatic carbocycles. The van der Waals surface area contributed by atoms with Gasteiger partial charge in [0.15, 0.2) is 0 Å². The van der Waals surface area contributed by atoms with Crippen molar-refractivity contribution in [2.45, 2.75) is 25.6 Å². The Balaban J connectivity index is 2.27. The average molecular weight is 216 g/mol. The van der Waals surface area contributed by atoms with Gasteiger partial charge in [-0.15, -0.1) is 0 Å². The molecule has 0 spiro atoms. The highest BCUT2D eigenvalue weighted by atomic mass is 16.5. The van der Waals surface area contributed by atoms with Gasteiger partial charge in [0.25, 0.3) is 0 Å². The highest BCUT2D eigenvalue weighted by Gasteiger charge is 2.20. The number of rotatable bonds is 4. The van der Waals surface area contributed by atoms with Crippen molar-refractivity contribution >= 4 is 5.91 Å². The fraction of sp³-hybridized carbons (Fsp3) is 0.900. The van der Waals surface area contributed by atoms with Crippen LogP contribution in [-0.4, -0.2) is 61.4 Å².